The van der Waals surface area contributed by atoms with Gasteiger partial charge in [0, 0.05) is 18.9 Å². The van der Waals surface area contributed by atoms with Gasteiger partial charge in [0.05, 0.1) is 6.17 Å². The molecule has 0 saturated carbocycles. The Balaban J connectivity index is 1.98. The van der Waals surface area contributed by atoms with Crippen molar-refractivity contribution in [3.8, 4) is 0 Å². The largest absolute Gasteiger partial charge is 0.403 e. The summed E-state index contributed by atoms with van der Waals surface area (Å²) in [6.07, 6.45) is 3.70. The molecule has 0 bridgehead atoms. The second-order valence-corrected chi connectivity index (χ2v) is 1.49. The topological polar surface area (TPSA) is 60.0 Å². The van der Waals surface area contributed by atoms with E-state index >= 15 is 0 Å². The molecule has 0 amide bonds. The van der Waals surface area contributed by atoms with Crippen molar-refractivity contribution >= 4 is 0 Å². The molecule has 0 aromatic rings. The molecule has 0 spiro atoms. The zero-order valence-corrected chi connectivity index (χ0v) is 4.02. The van der Waals surface area contributed by atoms with Crippen LogP contribution < -0.4 is 16.4 Å². The first-order valence-corrected chi connectivity index (χ1v) is 2.29. The van der Waals surface area contributed by atoms with Crippen LogP contribution in [0.4, 0.5) is 0 Å². The van der Waals surface area contributed by atoms with Crippen LogP contribution >= 0.6 is 0 Å². The third-order valence-corrected chi connectivity index (χ3v) is 0.802. The second-order valence-electron chi connectivity index (χ2n) is 1.49. The van der Waals surface area contributed by atoms with Crippen LogP contribution in [0.1, 0.15) is 0 Å². The van der Waals surface area contributed by atoms with Crippen molar-refractivity contribution in [1.29, 1.82) is 0 Å². The number of hydrogen-bond acceptors (Lipinski definition) is 3. The monoisotopic (exact) mass is 99.1 g/mol. The average Bonchev–Trinajstić information content (AvgIpc) is 2.42. The summed E-state index contributed by atoms with van der Waals surface area (Å²) in [5.74, 6) is 0. The van der Waals surface area contributed by atoms with Gasteiger partial charge in [0.1, 0.15) is 0 Å². The molecule has 1 rings (SSSR count). The Kier molecular flexibility index (Phi) is 1.17. The lowest BCUT2D eigenvalue weighted by molar-refractivity contribution is 0.841. The third kappa shape index (κ3) is 1.45. The fourth-order valence-electron chi connectivity index (χ4n) is 0.348. The highest BCUT2D eigenvalue weighted by Crippen LogP contribution is 1.87. The van der Waals surface area contributed by atoms with Gasteiger partial charge in [-0.3, -0.25) is 5.32 Å². The lowest BCUT2D eigenvalue weighted by Crippen LogP contribution is -2.12. The van der Waals surface area contributed by atoms with Gasteiger partial charge in [-0.1, -0.05) is 0 Å². The first-order chi connectivity index (χ1) is 3.43. The molecule has 0 aromatic heterocycles. The SMILES string of the molecule is N/C=C/NC1CN1. The number of rotatable bonds is 2. The Morgan fingerprint density at radius 2 is 2.57 bits per heavy atom. The molecular formula is C4H9N3. The van der Waals surface area contributed by atoms with Crippen LogP contribution in [0, 0.1) is 0 Å². The van der Waals surface area contributed by atoms with Gasteiger partial charge in [-0.05, 0) is 0 Å². The minimum atomic E-state index is 0.486. The Labute approximate surface area is 42.6 Å². The highest BCUT2D eigenvalue weighted by molar-refractivity contribution is 4.86. The molecule has 0 aliphatic carbocycles. The van der Waals surface area contributed by atoms with Gasteiger partial charge in [0.25, 0.3) is 0 Å². The summed E-state index contributed by atoms with van der Waals surface area (Å²) in [7, 11) is 0. The number of nitrogens with one attached hydrogen (secondary N) is 2. The molecule has 3 heteroatoms. The van der Waals surface area contributed by atoms with Crippen molar-refractivity contribution in [2.75, 3.05) is 6.54 Å². The zero-order valence-electron chi connectivity index (χ0n) is 4.02. The maximum atomic E-state index is 5.03. The van der Waals surface area contributed by atoms with Crippen LogP contribution in [0.15, 0.2) is 12.4 Å². The van der Waals surface area contributed by atoms with Crippen molar-refractivity contribution in [2.24, 2.45) is 5.73 Å². The molecular weight excluding hydrogens is 90.1 g/mol. The van der Waals surface area contributed by atoms with Gasteiger partial charge in [-0.15, -0.1) is 0 Å². The van der Waals surface area contributed by atoms with Gasteiger partial charge in [0.2, 0.25) is 0 Å². The second kappa shape index (κ2) is 1.84. The van der Waals surface area contributed by atoms with Crippen LogP contribution in [0.25, 0.3) is 0 Å². The first kappa shape index (κ1) is 4.46. The fraction of sp³-hybridized carbons (Fsp3) is 0.500. The van der Waals surface area contributed by atoms with Crippen LogP contribution in [-0.4, -0.2) is 12.7 Å². The highest BCUT2D eigenvalue weighted by atomic mass is 15.3. The first-order valence-electron chi connectivity index (χ1n) is 2.29. The summed E-state index contributed by atoms with van der Waals surface area (Å²) >= 11 is 0. The van der Waals surface area contributed by atoms with Crippen molar-refractivity contribution in [3.63, 3.8) is 0 Å². The van der Waals surface area contributed by atoms with Crippen molar-refractivity contribution in [1.82, 2.24) is 10.6 Å². The molecule has 1 fully saturated rings. The zero-order chi connectivity index (χ0) is 5.11. The lowest BCUT2D eigenvalue weighted by Gasteiger charge is -1.87. The van der Waals surface area contributed by atoms with E-state index < -0.39 is 0 Å². The minimum absolute atomic E-state index is 0.486. The van der Waals surface area contributed by atoms with Crippen LogP contribution in [0.3, 0.4) is 0 Å². The Morgan fingerprint density at radius 3 is 3.00 bits per heavy atom. The Bertz CT molecular complexity index is 75.0. The van der Waals surface area contributed by atoms with Crippen LogP contribution in [0.2, 0.25) is 0 Å². The smallest absolute Gasteiger partial charge is 0.0893 e. The van der Waals surface area contributed by atoms with E-state index in [-0.39, 0.29) is 0 Å². The molecule has 40 valence electrons. The summed E-state index contributed by atoms with van der Waals surface area (Å²) in [5.41, 5.74) is 5.03. The molecule has 0 aromatic carbocycles. The van der Waals surface area contributed by atoms with Gasteiger partial charge < -0.3 is 11.1 Å². The maximum absolute atomic E-state index is 5.03. The van der Waals surface area contributed by atoms with Gasteiger partial charge >= 0.3 is 0 Å². The molecule has 7 heavy (non-hydrogen) atoms. The quantitative estimate of drug-likeness (QED) is 0.386. The summed E-state index contributed by atoms with van der Waals surface area (Å²) < 4.78 is 0. The predicted octanol–water partition coefficient (Wildman–Crippen LogP) is -1.06. The molecule has 1 aliphatic heterocycles. The molecule has 1 unspecified atom stereocenters. The lowest BCUT2D eigenvalue weighted by atomic mass is 10.7. The summed E-state index contributed by atoms with van der Waals surface area (Å²) in [6.45, 7) is 1.06. The number of hydrogen-bond donors (Lipinski definition) is 3. The molecule has 3 nitrogen and oxygen atoms in total. The average molecular weight is 99.1 g/mol. The van der Waals surface area contributed by atoms with Crippen molar-refractivity contribution in [3.05, 3.63) is 12.4 Å². The van der Waals surface area contributed by atoms with E-state index in [1.807, 2.05) is 0 Å². The molecule has 1 saturated heterocycles. The molecule has 1 aliphatic rings. The Hall–Kier alpha value is -0.700. The summed E-state index contributed by atoms with van der Waals surface area (Å²) in [5, 5.41) is 6.04. The van der Waals surface area contributed by atoms with Crippen molar-refractivity contribution < 1.29 is 0 Å². The van der Waals surface area contributed by atoms with Crippen LogP contribution in [0.5, 0.6) is 0 Å². The van der Waals surface area contributed by atoms with E-state index in [9.17, 15) is 0 Å². The standard InChI is InChI=1S/C4H9N3/c5-1-2-6-4-3-7-4/h1-2,4,6-7H,3,5H2/b2-1+. The van der Waals surface area contributed by atoms with Gasteiger partial charge in [0.15, 0.2) is 0 Å². The molecule has 4 N–H and O–H groups in total. The van der Waals surface area contributed by atoms with E-state index in [1.165, 1.54) is 6.20 Å². The fourth-order valence-corrected chi connectivity index (χ4v) is 0.348. The van der Waals surface area contributed by atoms with Crippen molar-refractivity contribution in [2.45, 2.75) is 6.17 Å². The van der Waals surface area contributed by atoms with E-state index in [4.69, 9.17) is 5.73 Å². The van der Waals surface area contributed by atoms with E-state index in [0.717, 1.165) is 6.54 Å². The molecule has 0 radical (unpaired) electrons. The van der Waals surface area contributed by atoms with Crippen LogP contribution in [-0.2, 0) is 0 Å². The number of nitrogens with two attached hydrogens (primary N) is 1. The Morgan fingerprint density at radius 1 is 1.86 bits per heavy atom. The predicted molar refractivity (Wildman–Crippen MR) is 28.3 cm³/mol. The van der Waals surface area contributed by atoms with E-state index in [1.54, 1.807) is 6.20 Å². The van der Waals surface area contributed by atoms with E-state index in [2.05, 4.69) is 10.6 Å². The maximum Gasteiger partial charge on any atom is 0.0893 e. The minimum Gasteiger partial charge on any atom is -0.403 e. The summed E-state index contributed by atoms with van der Waals surface area (Å²) in [4.78, 5) is 0. The third-order valence-electron chi connectivity index (χ3n) is 0.802. The normalized spacial score (nSPS) is 28.3. The van der Waals surface area contributed by atoms with E-state index in [0.29, 0.717) is 6.17 Å². The summed E-state index contributed by atoms with van der Waals surface area (Å²) in [6, 6.07) is 0. The van der Waals surface area contributed by atoms with Gasteiger partial charge in [-0.2, -0.15) is 0 Å². The molecule has 1 heterocycles. The highest BCUT2D eigenvalue weighted by Gasteiger charge is 2.16. The molecule has 1 atom stereocenters. The van der Waals surface area contributed by atoms with Gasteiger partial charge in [-0.25, -0.2) is 0 Å².